The molecule has 0 unspecified atom stereocenters. The van der Waals surface area contributed by atoms with Crippen LogP contribution in [0.2, 0.25) is 0 Å². The van der Waals surface area contributed by atoms with E-state index in [1.807, 2.05) is 0 Å². The molecule has 3 aromatic heterocycles. The Balaban J connectivity index is 0.000000102. The molecule has 3 nitrogen and oxygen atoms in total. The lowest BCUT2D eigenvalue weighted by Gasteiger charge is -2.35. The molecule has 3 aliphatic carbocycles. The minimum absolute atomic E-state index is 0.0765. The van der Waals surface area contributed by atoms with Gasteiger partial charge in [0, 0.05) is 81.9 Å². The zero-order chi connectivity index (χ0) is 85.2. The molecule has 0 radical (unpaired) electrons. The van der Waals surface area contributed by atoms with Gasteiger partial charge in [0.1, 0.15) is 0 Å². The number of hydrogen-bond acceptors (Lipinski definition) is 0. The quantitative estimate of drug-likeness (QED) is 0.163. The Morgan fingerprint density at radius 3 is 0.945 bits per heavy atom. The summed E-state index contributed by atoms with van der Waals surface area (Å²) >= 11 is 0. The number of rotatable bonds is 5. The lowest BCUT2D eigenvalue weighted by atomic mass is 9.68. The van der Waals surface area contributed by atoms with Crippen molar-refractivity contribution in [3.8, 4) is 72.7 Å². The first-order valence-electron chi connectivity index (χ1n) is 45.1. The van der Waals surface area contributed by atoms with E-state index in [0.29, 0.717) is 0 Å². The molecular weight excluding hydrogens is 1540 g/mol. The van der Waals surface area contributed by atoms with Gasteiger partial charge in [-0.2, -0.15) is 0 Å². The van der Waals surface area contributed by atoms with Crippen LogP contribution in [0.3, 0.4) is 0 Å². The second-order valence-corrected chi connectivity index (χ2v) is 37.2. The number of hydrogen-bond donors (Lipinski definition) is 0. The summed E-state index contributed by atoms with van der Waals surface area (Å²) in [5.74, 6) is 0. The van der Waals surface area contributed by atoms with Crippen molar-refractivity contribution >= 4 is 152 Å². The van der Waals surface area contributed by atoms with Gasteiger partial charge in [-0.15, -0.1) is 0 Å². The monoisotopic (exact) mass is 1630 g/mol. The van der Waals surface area contributed by atoms with Crippen LogP contribution in [-0.2, 0) is 16.2 Å². The molecule has 0 bridgehead atoms. The van der Waals surface area contributed by atoms with E-state index in [9.17, 15) is 0 Å². The summed E-state index contributed by atoms with van der Waals surface area (Å²) in [6.45, 7) is 14.3. The highest BCUT2D eigenvalue weighted by atomic mass is 15.0. The fourth-order valence-corrected chi connectivity index (χ4v) is 23.6. The van der Waals surface area contributed by atoms with E-state index in [0.717, 1.165) is 0 Å². The normalized spacial score (nSPS) is 13.7. The van der Waals surface area contributed by atoms with Gasteiger partial charge in [0.05, 0.1) is 44.5 Å². The van der Waals surface area contributed by atoms with Crippen molar-refractivity contribution < 1.29 is 0 Å². The second-order valence-electron chi connectivity index (χ2n) is 37.2. The van der Waals surface area contributed by atoms with Crippen LogP contribution < -0.4 is 0 Å². The standard InChI is InChI=1S/C45H31N.C41H29N.C39H27N/c1-45(2)37-17-9-8-16-36(37)43-41-33(14-10-18-38(41)45)27-40-44(43)42-35-15-7-6-13-29(35)22-24-39(42)46(40)34-23-21-31-25-30(19-20-32(31)26-34)28-11-4-3-5-12-28;1-41(2)32-20-10-8-19-31(32)39-37-28(16-12-21-33(37)41)25-36-40(39)38-30-18-7-6-15-27(30)23-24-35(38)42(36)34-22-11-9-17-29(34)26-13-4-3-5-14-26;1-39(2)30-18-8-7-17-29(30)37-35-26(14-9-19-31(35)39)23-34-38(37)36-28-16-6-4-12-25(28)21-22-33(36)40(34)32-20-10-13-24-11-3-5-15-27(24)32/h3-27H,1-2H3;3-25H,1-2H3;3-23H,1-2H3. The molecule has 22 aromatic carbocycles. The molecule has 0 atom stereocenters. The Morgan fingerprint density at radius 1 is 0.164 bits per heavy atom. The van der Waals surface area contributed by atoms with Gasteiger partial charge >= 0.3 is 0 Å². The summed E-state index contributed by atoms with van der Waals surface area (Å²) in [6.07, 6.45) is 0. The molecular formula is C125H87N3. The summed E-state index contributed by atoms with van der Waals surface area (Å²) in [5, 5.41) is 28.8. The van der Waals surface area contributed by atoms with E-state index in [1.54, 1.807) is 0 Å². The number of nitrogens with zero attached hydrogens (tertiary/aromatic N) is 3. The van der Waals surface area contributed by atoms with E-state index < -0.39 is 0 Å². The highest BCUT2D eigenvalue weighted by Crippen LogP contribution is 2.59. The first-order chi connectivity index (χ1) is 62.8. The van der Waals surface area contributed by atoms with Crippen LogP contribution in [-0.4, -0.2) is 13.7 Å². The third kappa shape index (κ3) is 10.6. The molecule has 0 spiro atoms. The first kappa shape index (κ1) is 73.8. The molecule has 25 aromatic rings. The molecule has 0 aliphatic heterocycles. The summed E-state index contributed by atoms with van der Waals surface area (Å²) in [5.41, 5.74) is 32.3. The topological polar surface area (TPSA) is 14.8 Å². The number of benzene rings is 22. The summed E-state index contributed by atoms with van der Waals surface area (Å²) in [6, 6.07) is 155. The number of aromatic nitrogens is 3. The lowest BCUT2D eigenvalue weighted by molar-refractivity contribution is 0.645. The van der Waals surface area contributed by atoms with Crippen molar-refractivity contribution in [1.29, 1.82) is 0 Å². The third-order valence-electron chi connectivity index (χ3n) is 29.4. The third-order valence-corrected chi connectivity index (χ3v) is 29.4. The summed E-state index contributed by atoms with van der Waals surface area (Å²) in [7, 11) is 0. The molecule has 0 fully saturated rings. The zero-order valence-corrected chi connectivity index (χ0v) is 72.2. The van der Waals surface area contributed by atoms with E-state index in [1.165, 1.54) is 258 Å². The Bertz CT molecular complexity index is 9090. The van der Waals surface area contributed by atoms with Gasteiger partial charge in [0.2, 0.25) is 0 Å². The van der Waals surface area contributed by atoms with Crippen LogP contribution >= 0.6 is 0 Å². The van der Waals surface area contributed by atoms with Gasteiger partial charge in [-0.25, -0.2) is 0 Å². The zero-order valence-electron chi connectivity index (χ0n) is 72.2. The van der Waals surface area contributed by atoms with Gasteiger partial charge in [-0.1, -0.05) is 393 Å². The van der Waals surface area contributed by atoms with Crippen LogP contribution in [0.1, 0.15) is 74.9 Å². The van der Waals surface area contributed by atoms with E-state index >= 15 is 0 Å². The van der Waals surface area contributed by atoms with Crippen molar-refractivity contribution in [2.75, 3.05) is 0 Å². The van der Waals surface area contributed by atoms with Gasteiger partial charge in [-0.3, -0.25) is 0 Å². The fraction of sp³-hybridized carbons (Fsp3) is 0.0720. The molecule has 0 amide bonds. The maximum atomic E-state index is 2.52. The Labute approximate surface area is 742 Å². The van der Waals surface area contributed by atoms with Gasteiger partial charge in [-0.05, 0) is 214 Å². The molecule has 0 saturated heterocycles. The second kappa shape index (κ2) is 27.7. The SMILES string of the molecule is CC1(C)c2ccccc2-c2c3c1cccc3cc1c2c2c3ccccc3ccc2n1-c1ccc2cc(-c3ccccc3)ccc2c1.CC1(C)c2ccccc2-c2c3c1cccc3cc1c2c2c3ccccc3ccc2n1-c1cccc2ccccc12.CC1(C)c2ccccc2-c2c3c1cccc3cc1c2c2c3ccccc3ccc2n1-c1ccccc1-c1ccccc1. The molecule has 602 valence electrons. The van der Waals surface area contributed by atoms with E-state index in [-0.39, 0.29) is 16.2 Å². The molecule has 3 heterocycles. The highest BCUT2D eigenvalue weighted by molar-refractivity contribution is 6.34. The molecule has 28 rings (SSSR count). The molecule has 0 N–H and O–H groups in total. The van der Waals surface area contributed by atoms with E-state index in [2.05, 4.69) is 474 Å². The van der Waals surface area contributed by atoms with Gasteiger partial charge < -0.3 is 13.7 Å². The molecule has 128 heavy (non-hydrogen) atoms. The van der Waals surface area contributed by atoms with Crippen LogP contribution in [0.25, 0.3) is 224 Å². The van der Waals surface area contributed by atoms with Crippen molar-refractivity contribution in [3.05, 3.63) is 452 Å². The average molecular weight is 1630 g/mol. The molecule has 3 heteroatoms. The van der Waals surface area contributed by atoms with Crippen LogP contribution in [0.5, 0.6) is 0 Å². The summed E-state index contributed by atoms with van der Waals surface area (Å²) < 4.78 is 7.54. The minimum Gasteiger partial charge on any atom is -0.309 e. The van der Waals surface area contributed by atoms with Crippen molar-refractivity contribution in [2.24, 2.45) is 0 Å². The van der Waals surface area contributed by atoms with Crippen molar-refractivity contribution in [1.82, 2.24) is 13.7 Å². The van der Waals surface area contributed by atoms with Crippen molar-refractivity contribution in [2.45, 2.75) is 57.8 Å². The number of para-hydroxylation sites is 1. The fourth-order valence-electron chi connectivity index (χ4n) is 23.6. The summed E-state index contributed by atoms with van der Waals surface area (Å²) in [4.78, 5) is 0. The van der Waals surface area contributed by atoms with Crippen LogP contribution in [0.4, 0.5) is 0 Å². The molecule has 3 aliphatic rings. The van der Waals surface area contributed by atoms with E-state index in [4.69, 9.17) is 0 Å². The van der Waals surface area contributed by atoms with Gasteiger partial charge in [0.25, 0.3) is 0 Å². The maximum Gasteiger partial charge on any atom is 0.0554 e. The lowest BCUT2D eigenvalue weighted by Crippen LogP contribution is -2.23. The van der Waals surface area contributed by atoms with Crippen LogP contribution in [0.15, 0.2) is 419 Å². The Kier molecular flexibility index (Phi) is 16.0. The minimum atomic E-state index is -0.0891. The smallest absolute Gasteiger partial charge is 0.0554 e. The van der Waals surface area contributed by atoms with Crippen LogP contribution in [0, 0.1) is 0 Å². The first-order valence-corrected chi connectivity index (χ1v) is 45.1. The largest absolute Gasteiger partial charge is 0.309 e. The predicted molar refractivity (Wildman–Crippen MR) is 546 cm³/mol. The maximum absolute atomic E-state index is 2.52. The molecule has 0 saturated carbocycles. The predicted octanol–water partition coefficient (Wildman–Crippen LogP) is 33.8. The average Bonchev–Trinajstić information content (AvgIpc) is 1.47. The Morgan fingerprint density at radius 2 is 0.477 bits per heavy atom. The Hall–Kier alpha value is -15.7. The van der Waals surface area contributed by atoms with Gasteiger partial charge in [0.15, 0.2) is 0 Å². The highest BCUT2D eigenvalue weighted by Gasteiger charge is 2.40. The van der Waals surface area contributed by atoms with Crippen molar-refractivity contribution in [3.63, 3.8) is 0 Å². The number of fused-ring (bicyclic) bond motifs is 26.